The average Bonchev–Trinajstić information content (AvgIpc) is 3.11. The number of nitrogens with zero attached hydrogens (tertiary/aromatic N) is 1. The Morgan fingerprint density at radius 2 is 2.00 bits per heavy atom. The maximum atomic E-state index is 12.3. The molecular weight excluding hydrogens is 496 g/mol. The number of ether oxygens (including phenoxy) is 2. The van der Waals surface area contributed by atoms with Crippen molar-refractivity contribution in [1.29, 1.82) is 0 Å². The summed E-state index contributed by atoms with van der Waals surface area (Å²) in [4.78, 5) is 23.5. The standard InChI is InChI=1S/C19H14Br2N2O5/c1-26-17(24)10-27-15-5-3-2-4-11(15)9-22-23-19(25)16-7-12-6-13(20)8-14(21)18(12)28-16/h2-9H,10H2,1H3,(H,23,25)/b22-9-. The van der Waals surface area contributed by atoms with E-state index in [9.17, 15) is 9.59 Å². The highest BCUT2D eigenvalue weighted by Crippen LogP contribution is 2.30. The molecule has 0 aliphatic rings. The number of hydrogen-bond donors (Lipinski definition) is 1. The molecule has 1 aromatic heterocycles. The number of furan rings is 1. The van der Waals surface area contributed by atoms with Gasteiger partial charge in [-0.3, -0.25) is 4.79 Å². The van der Waals surface area contributed by atoms with Gasteiger partial charge in [-0.2, -0.15) is 5.10 Å². The number of hydrogen-bond acceptors (Lipinski definition) is 6. The molecule has 0 spiro atoms. The van der Waals surface area contributed by atoms with E-state index in [1.54, 1.807) is 30.3 Å². The molecule has 3 rings (SSSR count). The second kappa shape index (κ2) is 9.03. The van der Waals surface area contributed by atoms with Gasteiger partial charge in [0, 0.05) is 15.4 Å². The maximum Gasteiger partial charge on any atom is 0.343 e. The van der Waals surface area contributed by atoms with E-state index in [0.29, 0.717) is 16.9 Å². The summed E-state index contributed by atoms with van der Waals surface area (Å²) in [5.74, 6) is -0.434. The fraction of sp³-hybridized carbons (Fsp3) is 0.105. The van der Waals surface area contributed by atoms with Crippen molar-refractivity contribution in [2.75, 3.05) is 13.7 Å². The third kappa shape index (κ3) is 4.79. The Hall–Kier alpha value is -2.65. The molecule has 1 heterocycles. The third-order valence-electron chi connectivity index (χ3n) is 3.62. The van der Waals surface area contributed by atoms with Gasteiger partial charge in [0.2, 0.25) is 0 Å². The van der Waals surface area contributed by atoms with Gasteiger partial charge in [0.1, 0.15) is 11.3 Å². The molecule has 1 N–H and O–H groups in total. The lowest BCUT2D eigenvalue weighted by atomic mass is 10.2. The Kier molecular flexibility index (Phi) is 6.48. The summed E-state index contributed by atoms with van der Waals surface area (Å²) in [7, 11) is 1.28. The van der Waals surface area contributed by atoms with Crippen molar-refractivity contribution < 1.29 is 23.5 Å². The van der Waals surface area contributed by atoms with Crippen LogP contribution in [0.4, 0.5) is 0 Å². The van der Waals surface area contributed by atoms with Crippen LogP contribution in [0.2, 0.25) is 0 Å². The van der Waals surface area contributed by atoms with Crippen LogP contribution in [-0.4, -0.2) is 31.8 Å². The minimum absolute atomic E-state index is 0.126. The average molecular weight is 510 g/mol. The quantitative estimate of drug-likeness (QED) is 0.304. The van der Waals surface area contributed by atoms with Crippen LogP contribution in [-0.2, 0) is 9.53 Å². The molecule has 0 unspecified atom stereocenters. The first kappa shape index (κ1) is 20.1. The monoisotopic (exact) mass is 508 g/mol. The van der Waals surface area contributed by atoms with Gasteiger partial charge in [-0.15, -0.1) is 0 Å². The summed E-state index contributed by atoms with van der Waals surface area (Å²) in [5.41, 5.74) is 3.56. The summed E-state index contributed by atoms with van der Waals surface area (Å²) < 4.78 is 17.1. The molecule has 0 aliphatic carbocycles. The predicted octanol–water partition coefficient (Wildman–Crippen LogP) is 4.27. The zero-order valence-corrected chi connectivity index (χ0v) is 17.7. The maximum absolute atomic E-state index is 12.3. The van der Waals surface area contributed by atoms with Crippen molar-refractivity contribution in [3.63, 3.8) is 0 Å². The Morgan fingerprint density at radius 1 is 1.21 bits per heavy atom. The van der Waals surface area contributed by atoms with E-state index in [1.165, 1.54) is 13.3 Å². The van der Waals surface area contributed by atoms with Crippen LogP contribution in [0.5, 0.6) is 5.75 Å². The minimum Gasteiger partial charge on any atom is -0.481 e. The molecule has 0 atom stereocenters. The largest absolute Gasteiger partial charge is 0.481 e. The Labute approximate surface area is 176 Å². The Balaban J connectivity index is 1.70. The third-order valence-corrected chi connectivity index (χ3v) is 4.67. The van der Waals surface area contributed by atoms with E-state index in [0.717, 1.165) is 14.3 Å². The minimum atomic E-state index is -0.497. The van der Waals surface area contributed by atoms with Crippen LogP contribution in [0.3, 0.4) is 0 Å². The van der Waals surface area contributed by atoms with Crippen LogP contribution in [0.25, 0.3) is 11.0 Å². The lowest BCUT2D eigenvalue weighted by Gasteiger charge is -2.07. The SMILES string of the molecule is COC(=O)COc1ccccc1/C=N\NC(=O)c1cc2cc(Br)cc(Br)c2o1. The second-order valence-corrected chi connectivity index (χ2v) is 7.29. The number of hydrazone groups is 1. The smallest absolute Gasteiger partial charge is 0.343 e. The first-order valence-corrected chi connectivity index (χ1v) is 9.57. The molecule has 0 bridgehead atoms. The second-order valence-electron chi connectivity index (χ2n) is 5.52. The zero-order chi connectivity index (χ0) is 20.1. The van der Waals surface area contributed by atoms with E-state index >= 15 is 0 Å². The number of benzene rings is 2. The van der Waals surface area contributed by atoms with Crippen molar-refractivity contribution >= 4 is 60.9 Å². The number of fused-ring (bicyclic) bond motifs is 1. The first-order valence-electron chi connectivity index (χ1n) is 7.98. The molecule has 0 aliphatic heterocycles. The first-order chi connectivity index (χ1) is 13.5. The van der Waals surface area contributed by atoms with Gasteiger partial charge in [0.05, 0.1) is 17.8 Å². The number of amides is 1. The van der Waals surface area contributed by atoms with Gasteiger partial charge in [0.15, 0.2) is 12.4 Å². The normalized spacial score (nSPS) is 11.0. The van der Waals surface area contributed by atoms with E-state index in [-0.39, 0.29) is 12.4 Å². The van der Waals surface area contributed by atoms with E-state index in [1.807, 2.05) is 12.1 Å². The highest BCUT2D eigenvalue weighted by Gasteiger charge is 2.14. The molecule has 7 nitrogen and oxygen atoms in total. The van der Waals surface area contributed by atoms with Crippen LogP contribution in [0, 0.1) is 0 Å². The summed E-state index contributed by atoms with van der Waals surface area (Å²) in [5, 5.41) is 4.71. The van der Waals surface area contributed by atoms with Crippen molar-refractivity contribution in [2.45, 2.75) is 0 Å². The predicted molar refractivity (Wildman–Crippen MR) is 111 cm³/mol. The van der Waals surface area contributed by atoms with Gasteiger partial charge >= 0.3 is 11.9 Å². The van der Waals surface area contributed by atoms with Gasteiger partial charge in [0.25, 0.3) is 0 Å². The van der Waals surface area contributed by atoms with Gasteiger partial charge in [-0.05, 0) is 46.3 Å². The molecular formula is C19H14Br2N2O5. The number of halogens is 2. The molecule has 0 saturated heterocycles. The number of esters is 1. The summed E-state index contributed by atoms with van der Waals surface area (Å²) in [6.45, 7) is -0.225. The molecule has 0 radical (unpaired) electrons. The van der Waals surface area contributed by atoms with Crippen LogP contribution < -0.4 is 10.2 Å². The summed E-state index contributed by atoms with van der Waals surface area (Å²) >= 11 is 6.79. The van der Waals surface area contributed by atoms with Crippen molar-refractivity contribution in [3.05, 3.63) is 62.7 Å². The topological polar surface area (TPSA) is 90.1 Å². The lowest BCUT2D eigenvalue weighted by molar-refractivity contribution is -0.142. The van der Waals surface area contributed by atoms with E-state index < -0.39 is 11.9 Å². The Morgan fingerprint density at radius 3 is 2.79 bits per heavy atom. The number of nitrogens with one attached hydrogen (secondary N) is 1. The van der Waals surface area contributed by atoms with Crippen LogP contribution in [0.15, 0.2) is 60.9 Å². The van der Waals surface area contributed by atoms with Crippen molar-refractivity contribution in [1.82, 2.24) is 5.43 Å². The number of carbonyl (C=O) groups excluding carboxylic acids is 2. The van der Waals surface area contributed by atoms with Crippen LogP contribution >= 0.6 is 31.9 Å². The Bertz CT molecular complexity index is 1060. The molecule has 3 aromatic rings. The van der Waals surface area contributed by atoms with Crippen LogP contribution in [0.1, 0.15) is 16.1 Å². The van der Waals surface area contributed by atoms with E-state index in [4.69, 9.17) is 9.15 Å². The van der Waals surface area contributed by atoms with Gasteiger partial charge in [-0.25, -0.2) is 10.2 Å². The molecule has 9 heteroatoms. The highest BCUT2D eigenvalue weighted by molar-refractivity contribution is 9.11. The lowest BCUT2D eigenvalue weighted by Crippen LogP contribution is -2.17. The van der Waals surface area contributed by atoms with Crippen molar-refractivity contribution in [2.24, 2.45) is 5.10 Å². The summed E-state index contributed by atoms with van der Waals surface area (Å²) in [6.07, 6.45) is 1.42. The molecule has 1 amide bonds. The highest BCUT2D eigenvalue weighted by atomic mass is 79.9. The van der Waals surface area contributed by atoms with Gasteiger partial charge in [-0.1, -0.05) is 28.1 Å². The van der Waals surface area contributed by atoms with Crippen molar-refractivity contribution in [3.8, 4) is 5.75 Å². The summed E-state index contributed by atoms with van der Waals surface area (Å²) in [6, 6.07) is 12.3. The molecule has 144 valence electrons. The number of rotatable bonds is 6. The fourth-order valence-corrected chi connectivity index (χ4v) is 3.66. The zero-order valence-electron chi connectivity index (χ0n) is 14.6. The van der Waals surface area contributed by atoms with Gasteiger partial charge < -0.3 is 13.9 Å². The molecule has 0 fully saturated rings. The van der Waals surface area contributed by atoms with E-state index in [2.05, 4.69) is 47.1 Å². The fourth-order valence-electron chi connectivity index (χ4n) is 2.32. The number of methoxy groups -OCH3 is 1. The number of para-hydroxylation sites is 1. The molecule has 0 saturated carbocycles. The molecule has 2 aromatic carbocycles. The number of carbonyl (C=O) groups is 2. The molecule has 28 heavy (non-hydrogen) atoms.